The largest absolute Gasteiger partial charge is 0.342 e. The Kier molecular flexibility index (Phi) is 8.73. The monoisotopic (exact) mass is 501 g/mol. The summed E-state index contributed by atoms with van der Waals surface area (Å²) in [5.41, 5.74) is 1.36. The summed E-state index contributed by atoms with van der Waals surface area (Å²) >= 11 is 1.51. The molecule has 3 aliphatic heterocycles. The molecule has 1 aromatic carbocycles. The van der Waals surface area contributed by atoms with Crippen LogP contribution in [0.25, 0.3) is 0 Å². The molecular formula is C26H39N5O3S. The van der Waals surface area contributed by atoms with Gasteiger partial charge in [0.25, 0.3) is 0 Å². The minimum Gasteiger partial charge on any atom is -0.342 e. The van der Waals surface area contributed by atoms with Gasteiger partial charge in [-0.3, -0.25) is 25.1 Å². The molecule has 0 aromatic heterocycles. The summed E-state index contributed by atoms with van der Waals surface area (Å²) in [6.45, 7) is 3.73. The van der Waals surface area contributed by atoms with Crippen molar-refractivity contribution < 1.29 is 14.4 Å². The maximum absolute atomic E-state index is 13.1. The normalized spacial score (nSPS) is 27.8. The van der Waals surface area contributed by atoms with E-state index in [1.807, 2.05) is 11.0 Å². The average Bonchev–Trinajstić information content (AvgIpc) is 2.88. The van der Waals surface area contributed by atoms with Gasteiger partial charge in [0.05, 0.1) is 29.4 Å². The summed E-state index contributed by atoms with van der Waals surface area (Å²) in [6.07, 6.45) is 5.78. The van der Waals surface area contributed by atoms with Crippen molar-refractivity contribution in [3.05, 3.63) is 35.9 Å². The smallest absolute Gasteiger partial charge is 0.327 e. The molecule has 0 radical (unpaired) electrons. The van der Waals surface area contributed by atoms with Crippen LogP contribution in [0.15, 0.2) is 30.3 Å². The highest BCUT2D eigenvalue weighted by Gasteiger charge is 2.50. The molecule has 1 aromatic rings. The van der Waals surface area contributed by atoms with Gasteiger partial charge in [-0.2, -0.15) is 0 Å². The van der Waals surface area contributed by atoms with Gasteiger partial charge in [-0.25, -0.2) is 4.79 Å². The van der Waals surface area contributed by atoms with Gasteiger partial charge in [0.1, 0.15) is 0 Å². The molecule has 0 spiro atoms. The van der Waals surface area contributed by atoms with Crippen molar-refractivity contribution in [1.29, 1.82) is 0 Å². The molecule has 3 fully saturated rings. The number of thioether (sulfide) groups is 1. The SMILES string of the molecule is CCCCC1NC(SCC(=O)N2CCC(Cc3ccccc3)CC2)C2C(=O)N(C)C(=O)N(C)C2N1. The lowest BCUT2D eigenvalue weighted by Gasteiger charge is -2.50. The van der Waals surface area contributed by atoms with Gasteiger partial charge in [-0.1, -0.05) is 50.1 Å². The lowest BCUT2D eigenvalue weighted by molar-refractivity contribution is -0.140. The number of rotatable bonds is 8. The van der Waals surface area contributed by atoms with Crippen molar-refractivity contribution >= 4 is 29.6 Å². The summed E-state index contributed by atoms with van der Waals surface area (Å²) in [6, 6.07) is 10.3. The standard InChI is InChI=1S/C26H39N5O3S/c1-4-5-11-20-27-23-22(25(33)30(3)26(34)29(23)2)24(28-20)35-17-21(32)31-14-12-19(13-15-31)16-18-9-7-6-8-10-18/h6-10,19-20,22-24,27-28H,4-5,11-17H2,1-3H3. The number of unbranched alkanes of at least 4 members (excludes halogenated alkanes) is 1. The first-order chi connectivity index (χ1) is 16.9. The van der Waals surface area contributed by atoms with Crippen LogP contribution in [0.2, 0.25) is 0 Å². The third kappa shape index (κ3) is 6.01. The molecule has 4 unspecified atom stereocenters. The van der Waals surface area contributed by atoms with E-state index in [0.717, 1.165) is 51.6 Å². The number of carbonyl (C=O) groups excluding carboxylic acids is 3. The first kappa shape index (κ1) is 26.0. The van der Waals surface area contributed by atoms with Crippen molar-refractivity contribution in [2.24, 2.45) is 11.8 Å². The van der Waals surface area contributed by atoms with E-state index in [1.165, 1.54) is 29.3 Å². The van der Waals surface area contributed by atoms with E-state index >= 15 is 0 Å². The molecule has 0 aliphatic carbocycles. The van der Waals surface area contributed by atoms with E-state index in [2.05, 4.69) is 41.8 Å². The molecule has 2 N–H and O–H groups in total. The Morgan fingerprint density at radius 3 is 2.49 bits per heavy atom. The number of hydrogen-bond donors (Lipinski definition) is 2. The van der Waals surface area contributed by atoms with Crippen molar-refractivity contribution in [1.82, 2.24) is 25.3 Å². The van der Waals surface area contributed by atoms with Gasteiger partial charge in [-0.15, -0.1) is 11.8 Å². The zero-order chi connectivity index (χ0) is 24.9. The summed E-state index contributed by atoms with van der Waals surface area (Å²) in [7, 11) is 3.28. The van der Waals surface area contributed by atoms with E-state index in [1.54, 1.807) is 11.9 Å². The maximum Gasteiger partial charge on any atom is 0.327 e. The van der Waals surface area contributed by atoms with Gasteiger partial charge < -0.3 is 9.80 Å². The fourth-order valence-electron chi connectivity index (χ4n) is 5.43. The second-order valence-electron chi connectivity index (χ2n) is 10.0. The first-order valence-electron chi connectivity index (χ1n) is 12.9. The van der Waals surface area contributed by atoms with Gasteiger partial charge in [0, 0.05) is 27.2 Å². The fourth-order valence-corrected chi connectivity index (χ4v) is 6.67. The predicted molar refractivity (Wildman–Crippen MR) is 138 cm³/mol. The van der Waals surface area contributed by atoms with Crippen LogP contribution in [-0.4, -0.2) is 83.2 Å². The quantitative estimate of drug-likeness (QED) is 0.570. The Balaban J connectivity index is 1.34. The van der Waals surface area contributed by atoms with Crippen LogP contribution >= 0.6 is 11.8 Å². The van der Waals surface area contributed by atoms with Crippen LogP contribution < -0.4 is 10.6 Å². The number of nitrogens with one attached hydrogen (secondary N) is 2. The van der Waals surface area contributed by atoms with E-state index in [0.29, 0.717) is 11.7 Å². The number of urea groups is 1. The van der Waals surface area contributed by atoms with E-state index < -0.39 is 5.92 Å². The Labute approximate surface area is 213 Å². The van der Waals surface area contributed by atoms with E-state index in [9.17, 15) is 14.4 Å². The highest BCUT2D eigenvalue weighted by atomic mass is 32.2. The number of imide groups is 1. The number of nitrogens with zero attached hydrogens (tertiary/aromatic N) is 3. The average molecular weight is 502 g/mol. The summed E-state index contributed by atoms with van der Waals surface area (Å²) < 4.78 is 0. The van der Waals surface area contributed by atoms with Crippen molar-refractivity contribution in [3.63, 3.8) is 0 Å². The zero-order valence-corrected chi connectivity index (χ0v) is 21.9. The maximum atomic E-state index is 13.1. The molecule has 4 amide bonds. The molecule has 9 heteroatoms. The van der Waals surface area contributed by atoms with Crippen LogP contribution in [0.5, 0.6) is 0 Å². The Bertz CT molecular complexity index is 892. The number of benzene rings is 1. The molecule has 8 nitrogen and oxygen atoms in total. The van der Waals surface area contributed by atoms with Crippen LogP contribution in [0.1, 0.15) is 44.6 Å². The van der Waals surface area contributed by atoms with Crippen LogP contribution in [-0.2, 0) is 16.0 Å². The second kappa shape index (κ2) is 11.8. The zero-order valence-electron chi connectivity index (χ0n) is 21.1. The lowest BCUT2D eigenvalue weighted by atomic mass is 9.90. The van der Waals surface area contributed by atoms with E-state index in [4.69, 9.17) is 0 Å². The Hall–Kier alpha value is -2.10. The third-order valence-corrected chi connectivity index (χ3v) is 8.79. The Morgan fingerprint density at radius 2 is 1.80 bits per heavy atom. The topological polar surface area (TPSA) is 85.0 Å². The third-order valence-electron chi connectivity index (χ3n) is 7.59. The lowest BCUT2D eigenvalue weighted by Crippen LogP contribution is -2.74. The number of likely N-dealkylation sites (tertiary alicyclic amines) is 1. The minimum atomic E-state index is -0.435. The van der Waals surface area contributed by atoms with Gasteiger partial charge in [0.15, 0.2) is 0 Å². The molecule has 4 rings (SSSR count). The Morgan fingerprint density at radius 1 is 1.09 bits per heavy atom. The van der Waals surface area contributed by atoms with Crippen LogP contribution in [0, 0.1) is 11.8 Å². The number of piperidine rings is 1. The number of fused-ring (bicyclic) bond motifs is 1. The molecular weight excluding hydrogens is 462 g/mol. The second-order valence-corrected chi connectivity index (χ2v) is 11.2. The van der Waals surface area contributed by atoms with Gasteiger partial charge in [0.2, 0.25) is 11.8 Å². The summed E-state index contributed by atoms with van der Waals surface area (Å²) in [5, 5.41) is 6.80. The van der Waals surface area contributed by atoms with Crippen molar-refractivity contribution in [2.75, 3.05) is 32.9 Å². The molecule has 35 heavy (non-hydrogen) atoms. The summed E-state index contributed by atoms with van der Waals surface area (Å²) in [5.74, 6) is 0.452. The van der Waals surface area contributed by atoms with Gasteiger partial charge >= 0.3 is 6.03 Å². The molecule has 0 saturated carbocycles. The molecule has 3 heterocycles. The van der Waals surface area contributed by atoms with Crippen molar-refractivity contribution in [2.45, 2.75) is 63.2 Å². The molecule has 3 aliphatic rings. The number of hydrogen-bond acceptors (Lipinski definition) is 6. The fraction of sp³-hybridized carbons (Fsp3) is 0.654. The highest BCUT2D eigenvalue weighted by Crippen LogP contribution is 2.32. The molecule has 0 bridgehead atoms. The summed E-state index contributed by atoms with van der Waals surface area (Å²) in [4.78, 5) is 43.5. The number of carbonyl (C=O) groups is 3. The molecule has 192 valence electrons. The van der Waals surface area contributed by atoms with E-state index in [-0.39, 0.29) is 35.6 Å². The highest BCUT2D eigenvalue weighted by molar-refractivity contribution is 8.00. The minimum absolute atomic E-state index is 0.00369. The van der Waals surface area contributed by atoms with Crippen LogP contribution in [0.3, 0.4) is 0 Å². The molecule has 4 atom stereocenters. The molecule has 3 saturated heterocycles. The van der Waals surface area contributed by atoms with Gasteiger partial charge in [-0.05, 0) is 37.2 Å². The first-order valence-corrected chi connectivity index (χ1v) is 13.9. The predicted octanol–water partition coefficient (Wildman–Crippen LogP) is 2.70. The van der Waals surface area contributed by atoms with Crippen molar-refractivity contribution in [3.8, 4) is 0 Å². The van der Waals surface area contributed by atoms with Crippen LogP contribution in [0.4, 0.5) is 4.79 Å². The number of amides is 4.